The SMILES string of the molecule is CC1CC(N)=NN1c1c(F)cccc1Cl. The van der Waals surface area contributed by atoms with Crippen molar-refractivity contribution in [2.24, 2.45) is 10.8 Å². The van der Waals surface area contributed by atoms with Crippen molar-refractivity contribution in [3.8, 4) is 0 Å². The summed E-state index contributed by atoms with van der Waals surface area (Å²) in [7, 11) is 0. The normalized spacial score (nSPS) is 20.6. The van der Waals surface area contributed by atoms with Crippen molar-refractivity contribution in [3.05, 3.63) is 29.0 Å². The van der Waals surface area contributed by atoms with E-state index in [1.807, 2.05) is 6.92 Å². The molecular formula is C10H11ClFN3. The molecule has 80 valence electrons. The van der Waals surface area contributed by atoms with Gasteiger partial charge in [0.25, 0.3) is 0 Å². The zero-order valence-electron chi connectivity index (χ0n) is 8.24. The van der Waals surface area contributed by atoms with E-state index in [1.54, 1.807) is 12.1 Å². The fourth-order valence-corrected chi connectivity index (χ4v) is 1.89. The van der Waals surface area contributed by atoms with E-state index < -0.39 is 0 Å². The Hall–Kier alpha value is -1.29. The van der Waals surface area contributed by atoms with Gasteiger partial charge in [-0.15, -0.1) is 0 Å². The minimum atomic E-state index is -0.382. The predicted octanol–water partition coefficient (Wildman–Crippen LogP) is 2.35. The van der Waals surface area contributed by atoms with Crippen LogP contribution in [0.1, 0.15) is 13.3 Å². The lowest BCUT2D eigenvalue weighted by atomic mass is 10.2. The van der Waals surface area contributed by atoms with Crippen LogP contribution < -0.4 is 10.7 Å². The molecule has 1 atom stereocenters. The molecule has 0 aliphatic carbocycles. The molecule has 5 heteroatoms. The highest BCUT2D eigenvalue weighted by Gasteiger charge is 2.26. The highest BCUT2D eigenvalue weighted by Crippen LogP contribution is 2.32. The van der Waals surface area contributed by atoms with Gasteiger partial charge in [0.1, 0.15) is 17.3 Å². The number of amidine groups is 1. The highest BCUT2D eigenvalue weighted by molar-refractivity contribution is 6.33. The summed E-state index contributed by atoms with van der Waals surface area (Å²) in [5, 5.41) is 5.95. The second-order valence-corrected chi connectivity index (χ2v) is 3.97. The van der Waals surface area contributed by atoms with E-state index in [1.165, 1.54) is 11.1 Å². The third-order valence-corrected chi connectivity index (χ3v) is 2.63. The molecule has 0 fully saturated rings. The molecule has 1 unspecified atom stereocenters. The molecule has 1 heterocycles. The quantitative estimate of drug-likeness (QED) is 0.800. The van der Waals surface area contributed by atoms with E-state index in [2.05, 4.69) is 5.10 Å². The lowest BCUT2D eigenvalue weighted by Gasteiger charge is -2.21. The summed E-state index contributed by atoms with van der Waals surface area (Å²) in [5.41, 5.74) is 5.89. The van der Waals surface area contributed by atoms with Gasteiger partial charge < -0.3 is 5.73 Å². The van der Waals surface area contributed by atoms with Crippen molar-refractivity contribution in [2.75, 3.05) is 5.01 Å². The molecule has 1 aliphatic heterocycles. The van der Waals surface area contributed by atoms with E-state index in [4.69, 9.17) is 17.3 Å². The minimum Gasteiger partial charge on any atom is -0.386 e. The second kappa shape index (κ2) is 3.70. The maximum atomic E-state index is 13.6. The van der Waals surface area contributed by atoms with Gasteiger partial charge in [-0.05, 0) is 19.1 Å². The Bertz CT molecular complexity index is 399. The zero-order valence-corrected chi connectivity index (χ0v) is 9.00. The Balaban J connectivity index is 2.46. The fraction of sp³-hybridized carbons (Fsp3) is 0.300. The molecule has 1 aliphatic rings. The van der Waals surface area contributed by atoms with Crippen LogP contribution in [0.15, 0.2) is 23.3 Å². The molecular weight excluding hydrogens is 217 g/mol. The van der Waals surface area contributed by atoms with Crippen LogP contribution in [-0.2, 0) is 0 Å². The topological polar surface area (TPSA) is 41.6 Å². The van der Waals surface area contributed by atoms with Gasteiger partial charge >= 0.3 is 0 Å². The van der Waals surface area contributed by atoms with E-state index in [-0.39, 0.29) is 11.9 Å². The Morgan fingerprint density at radius 3 is 2.87 bits per heavy atom. The van der Waals surface area contributed by atoms with Crippen LogP contribution in [0.2, 0.25) is 5.02 Å². The molecule has 0 saturated heterocycles. The maximum Gasteiger partial charge on any atom is 0.149 e. The van der Waals surface area contributed by atoms with Crippen molar-refractivity contribution in [1.82, 2.24) is 0 Å². The summed E-state index contributed by atoms with van der Waals surface area (Å²) in [5.74, 6) is 0.120. The lowest BCUT2D eigenvalue weighted by Crippen LogP contribution is -2.24. The van der Waals surface area contributed by atoms with Gasteiger partial charge in [-0.2, -0.15) is 5.10 Å². The maximum absolute atomic E-state index is 13.6. The van der Waals surface area contributed by atoms with Crippen LogP contribution in [0, 0.1) is 5.82 Å². The number of halogens is 2. The number of para-hydroxylation sites is 1. The number of hydrazone groups is 1. The van der Waals surface area contributed by atoms with Crippen LogP contribution in [-0.4, -0.2) is 11.9 Å². The van der Waals surface area contributed by atoms with E-state index >= 15 is 0 Å². The number of hydrogen-bond acceptors (Lipinski definition) is 3. The molecule has 0 bridgehead atoms. The lowest BCUT2D eigenvalue weighted by molar-refractivity contribution is 0.609. The van der Waals surface area contributed by atoms with Crippen molar-refractivity contribution in [3.63, 3.8) is 0 Å². The summed E-state index contributed by atoms with van der Waals surface area (Å²) in [4.78, 5) is 0. The van der Waals surface area contributed by atoms with Crippen LogP contribution in [0.3, 0.4) is 0 Å². The first kappa shape index (κ1) is 10.2. The van der Waals surface area contributed by atoms with Gasteiger partial charge in [-0.3, -0.25) is 5.01 Å². The van der Waals surface area contributed by atoms with E-state index in [0.29, 0.717) is 23.0 Å². The first-order valence-corrected chi connectivity index (χ1v) is 5.03. The summed E-state index contributed by atoms with van der Waals surface area (Å²) < 4.78 is 13.6. The first-order chi connectivity index (χ1) is 7.09. The van der Waals surface area contributed by atoms with E-state index in [9.17, 15) is 4.39 Å². The number of hydrogen-bond donors (Lipinski definition) is 1. The molecule has 3 nitrogen and oxygen atoms in total. The van der Waals surface area contributed by atoms with Crippen LogP contribution >= 0.6 is 11.6 Å². The summed E-state index contributed by atoms with van der Waals surface area (Å²) in [6.07, 6.45) is 0.630. The second-order valence-electron chi connectivity index (χ2n) is 3.56. The minimum absolute atomic E-state index is 0.0411. The monoisotopic (exact) mass is 227 g/mol. The molecule has 2 N–H and O–H groups in total. The molecule has 0 saturated carbocycles. The Morgan fingerprint density at radius 1 is 1.60 bits per heavy atom. The van der Waals surface area contributed by atoms with Gasteiger partial charge in [0.15, 0.2) is 0 Å². The van der Waals surface area contributed by atoms with Crippen LogP contribution in [0.5, 0.6) is 0 Å². The van der Waals surface area contributed by atoms with E-state index in [0.717, 1.165) is 0 Å². The van der Waals surface area contributed by atoms with Gasteiger partial charge in [0.2, 0.25) is 0 Å². The molecule has 0 radical (unpaired) electrons. The Kier molecular flexibility index (Phi) is 2.52. The number of benzene rings is 1. The Morgan fingerprint density at radius 2 is 2.33 bits per heavy atom. The molecule has 0 amide bonds. The smallest absolute Gasteiger partial charge is 0.149 e. The molecule has 1 aromatic rings. The summed E-state index contributed by atoms with van der Waals surface area (Å²) in [6, 6.07) is 4.60. The predicted molar refractivity (Wildman–Crippen MR) is 59.6 cm³/mol. The zero-order chi connectivity index (χ0) is 11.0. The molecule has 0 aromatic heterocycles. The largest absolute Gasteiger partial charge is 0.386 e. The first-order valence-electron chi connectivity index (χ1n) is 4.66. The van der Waals surface area contributed by atoms with Crippen LogP contribution in [0.4, 0.5) is 10.1 Å². The molecule has 1 aromatic carbocycles. The van der Waals surface area contributed by atoms with Crippen molar-refractivity contribution in [1.29, 1.82) is 0 Å². The van der Waals surface area contributed by atoms with Gasteiger partial charge in [-0.25, -0.2) is 4.39 Å². The third kappa shape index (κ3) is 1.77. The summed E-state index contributed by atoms with van der Waals surface area (Å²) in [6.45, 7) is 1.92. The van der Waals surface area contributed by atoms with Gasteiger partial charge in [0, 0.05) is 6.42 Å². The van der Waals surface area contributed by atoms with Crippen molar-refractivity contribution in [2.45, 2.75) is 19.4 Å². The Labute approximate surface area is 92.3 Å². The van der Waals surface area contributed by atoms with Crippen LogP contribution in [0.25, 0.3) is 0 Å². The molecule has 0 spiro atoms. The third-order valence-electron chi connectivity index (χ3n) is 2.32. The van der Waals surface area contributed by atoms with Crippen molar-refractivity contribution < 1.29 is 4.39 Å². The number of nitrogens with zero attached hydrogens (tertiary/aromatic N) is 2. The average molecular weight is 228 g/mol. The number of anilines is 1. The fourth-order valence-electron chi connectivity index (χ4n) is 1.65. The van der Waals surface area contributed by atoms with Gasteiger partial charge in [-0.1, -0.05) is 17.7 Å². The summed E-state index contributed by atoms with van der Waals surface area (Å²) >= 11 is 5.93. The number of rotatable bonds is 1. The average Bonchev–Trinajstić information content (AvgIpc) is 2.45. The molecule has 2 rings (SSSR count). The van der Waals surface area contributed by atoms with Crippen molar-refractivity contribution >= 4 is 23.1 Å². The highest BCUT2D eigenvalue weighted by atomic mass is 35.5. The standard InChI is InChI=1S/C10H11ClFN3/c1-6-5-9(13)14-15(6)10-7(11)3-2-4-8(10)12/h2-4,6H,5H2,1H3,(H2,13,14). The van der Waals surface area contributed by atoms with Gasteiger partial charge in [0.05, 0.1) is 11.1 Å². The number of nitrogens with two attached hydrogens (primary N) is 1. The molecule has 15 heavy (non-hydrogen) atoms.